The van der Waals surface area contributed by atoms with E-state index >= 15 is 0 Å². The van der Waals surface area contributed by atoms with Crippen molar-refractivity contribution in [3.05, 3.63) is 25.8 Å². The summed E-state index contributed by atoms with van der Waals surface area (Å²) >= 11 is 8.70. The van der Waals surface area contributed by atoms with Crippen LogP contribution in [0.15, 0.2) is 10.7 Å². The Balaban J connectivity index is 3.31. The molecule has 1 heterocycles. The molecule has 5 nitrogen and oxygen atoms in total. The molecule has 70 valence electrons. The molecule has 0 bridgehead atoms. The molecule has 0 aromatic carbocycles. The molecule has 13 heavy (non-hydrogen) atoms. The standard InChI is InChI=1S/C6H4BrClN2O3/c1-13-6-4(7)5(8)3(2-9-6)10(11)12/h2H,1H3. The minimum atomic E-state index is -0.612. The van der Waals surface area contributed by atoms with Gasteiger partial charge in [-0.25, -0.2) is 4.98 Å². The van der Waals surface area contributed by atoms with E-state index < -0.39 is 4.92 Å². The summed E-state index contributed by atoms with van der Waals surface area (Å²) in [6, 6.07) is 0. The van der Waals surface area contributed by atoms with Crippen molar-refractivity contribution >= 4 is 33.2 Å². The van der Waals surface area contributed by atoms with Crippen LogP contribution in [0.5, 0.6) is 5.88 Å². The highest BCUT2D eigenvalue weighted by atomic mass is 79.9. The summed E-state index contributed by atoms with van der Waals surface area (Å²) in [7, 11) is 1.40. The zero-order chi connectivity index (χ0) is 10.0. The average Bonchev–Trinajstić information content (AvgIpc) is 2.09. The van der Waals surface area contributed by atoms with Crippen molar-refractivity contribution in [3.63, 3.8) is 0 Å². The fourth-order valence-electron chi connectivity index (χ4n) is 0.709. The largest absolute Gasteiger partial charge is 0.480 e. The van der Waals surface area contributed by atoms with E-state index in [1.165, 1.54) is 7.11 Å². The van der Waals surface area contributed by atoms with Crippen LogP contribution in [0, 0.1) is 10.1 Å². The van der Waals surface area contributed by atoms with Crippen molar-refractivity contribution in [2.45, 2.75) is 0 Å². The van der Waals surface area contributed by atoms with Crippen LogP contribution in [0.25, 0.3) is 0 Å². The number of hydrogen-bond donors (Lipinski definition) is 0. The maximum Gasteiger partial charge on any atom is 0.307 e. The fraction of sp³-hybridized carbons (Fsp3) is 0.167. The highest BCUT2D eigenvalue weighted by Gasteiger charge is 2.19. The number of hydrogen-bond acceptors (Lipinski definition) is 4. The second-order valence-corrected chi connectivity index (χ2v) is 3.21. The van der Waals surface area contributed by atoms with Crippen molar-refractivity contribution in [3.8, 4) is 5.88 Å². The average molecular weight is 267 g/mol. The molecule has 0 saturated heterocycles. The van der Waals surface area contributed by atoms with Crippen LogP contribution in [0.4, 0.5) is 5.69 Å². The zero-order valence-electron chi connectivity index (χ0n) is 6.45. The van der Waals surface area contributed by atoms with Crippen LogP contribution < -0.4 is 4.74 Å². The molecule has 1 rings (SSSR count). The first kappa shape index (κ1) is 10.2. The van der Waals surface area contributed by atoms with Gasteiger partial charge < -0.3 is 4.74 Å². The summed E-state index contributed by atoms with van der Waals surface area (Å²) in [6.07, 6.45) is 1.05. The van der Waals surface area contributed by atoms with Crippen LogP contribution in [-0.4, -0.2) is 17.0 Å². The van der Waals surface area contributed by atoms with Gasteiger partial charge in [0, 0.05) is 0 Å². The predicted octanol–water partition coefficient (Wildman–Crippen LogP) is 2.41. The normalized spacial score (nSPS) is 9.77. The minimum Gasteiger partial charge on any atom is -0.480 e. The molecular formula is C6H4BrClN2O3. The lowest BCUT2D eigenvalue weighted by Crippen LogP contribution is -1.94. The topological polar surface area (TPSA) is 65.3 Å². The highest BCUT2D eigenvalue weighted by molar-refractivity contribution is 9.10. The molecule has 1 aromatic rings. The Kier molecular flexibility index (Phi) is 3.05. The van der Waals surface area contributed by atoms with Crippen molar-refractivity contribution in [1.82, 2.24) is 4.98 Å². The number of nitrogens with zero attached hydrogens (tertiary/aromatic N) is 2. The molecule has 0 N–H and O–H groups in total. The maximum absolute atomic E-state index is 10.4. The SMILES string of the molecule is COc1ncc([N+](=O)[O-])c(Cl)c1Br. The van der Waals surface area contributed by atoms with Gasteiger partial charge in [0.1, 0.15) is 15.7 Å². The van der Waals surface area contributed by atoms with Gasteiger partial charge in [-0.2, -0.15) is 0 Å². The Labute approximate surface area is 87.0 Å². The smallest absolute Gasteiger partial charge is 0.307 e. The third kappa shape index (κ3) is 1.89. The summed E-state index contributed by atoms with van der Waals surface area (Å²) in [5, 5.41) is 10.4. The van der Waals surface area contributed by atoms with Crippen molar-refractivity contribution in [2.24, 2.45) is 0 Å². The first-order valence-electron chi connectivity index (χ1n) is 3.10. The molecule has 0 atom stereocenters. The minimum absolute atomic E-state index is 0.0168. The molecule has 0 saturated carbocycles. The van der Waals surface area contributed by atoms with Gasteiger partial charge in [-0.1, -0.05) is 11.6 Å². The van der Waals surface area contributed by atoms with Gasteiger partial charge in [-0.3, -0.25) is 10.1 Å². The van der Waals surface area contributed by atoms with Gasteiger partial charge in [0.15, 0.2) is 0 Å². The molecule has 0 aliphatic rings. The molecule has 0 unspecified atom stereocenters. The number of halogens is 2. The lowest BCUT2D eigenvalue weighted by molar-refractivity contribution is -0.385. The Hall–Kier alpha value is -0.880. The van der Waals surface area contributed by atoms with E-state index in [0.717, 1.165) is 6.20 Å². The van der Waals surface area contributed by atoms with Crippen molar-refractivity contribution in [1.29, 1.82) is 0 Å². The van der Waals surface area contributed by atoms with Crippen LogP contribution in [0.3, 0.4) is 0 Å². The van der Waals surface area contributed by atoms with E-state index in [-0.39, 0.29) is 21.1 Å². The van der Waals surface area contributed by atoms with Crippen molar-refractivity contribution < 1.29 is 9.66 Å². The molecular weight excluding hydrogens is 263 g/mol. The van der Waals surface area contributed by atoms with E-state index in [9.17, 15) is 10.1 Å². The summed E-state index contributed by atoms with van der Waals surface area (Å²) in [6.45, 7) is 0. The highest BCUT2D eigenvalue weighted by Crippen LogP contribution is 2.36. The van der Waals surface area contributed by atoms with E-state index in [0.29, 0.717) is 0 Å². The van der Waals surface area contributed by atoms with Gasteiger partial charge >= 0.3 is 5.69 Å². The molecule has 7 heteroatoms. The molecule has 0 aliphatic heterocycles. The van der Waals surface area contributed by atoms with Gasteiger partial charge in [-0.15, -0.1) is 0 Å². The lowest BCUT2D eigenvalue weighted by Gasteiger charge is -2.02. The summed E-state index contributed by atoms with van der Waals surface area (Å²) in [5.41, 5.74) is -0.255. The monoisotopic (exact) mass is 266 g/mol. The number of nitro groups is 1. The Morgan fingerprint density at radius 1 is 1.77 bits per heavy atom. The van der Waals surface area contributed by atoms with Crippen LogP contribution in [0.1, 0.15) is 0 Å². The Morgan fingerprint density at radius 3 is 2.85 bits per heavy atom. The summed E-state index contributed by atoms with van der Waals surface area (Å²) in [4.78, 5) is 13.5. The zero-order valence-corrected chi connectivity index (χ0v) is 8.79. The number of pyridine rings is 1. The molecule has 0 spiro atoms. The fourth-order valence-corrected chi connectivity index (χ4v) is 1.38. The maximum atomic E-state index is 10.4. The van der Waals surface area contributed by atoms with E-state index in [2.05, 4.69) is 20.9 Å². The van der Waals surface area contributed by atoms with Crippen LogP contribution >= 0.6 is 27.5 Å². The van der Waals surface area contributed by atoms with Gasteiger partial charge in [-0.05, 0) is 15.9 Å². The van der Waals surface area contributed by atoms with E-state index in [4.69, 9.17) is 16.3 Å². The van der Waals surface area contributed by atoms with Gasteiger partial charge in [0.05, 0.1) is 12.0 Å². The first-order chi connectivity index (χ1) is 6.07. The predicted molar refractivity (Wildman–Crippen MR) is 50.2 cm³/mol. The van der Waals surface area contributed by atoms with E-state index in [1.54, 1.807) is 0 Å². The van der Waals surface area contributed by atoms with Crippen LogP contribution in [0.2, 0.25) is 5.02 Å². The molecule has 0 amide bonds. The second-order valence-electron chi connectivity index (χ2n) is 2.04. The number of ether oxygens (including phenoxy) is 1. The lowest BCUT2D eigenvalue weighted by atomic mass is 10.4. The van der Waals surface area contributed by atoms with Gasteiger partial charge in [0.25, 0.3) is 0 Å². The number of methoxy groups -OCH3 is 1. The second kappa shape index (κ2) is 3.89. The third-order valence-electron chi connectivity index (χ3n) is 1.30. The first-order valence-corrected chi connectivity index (χ1v) is 4.27. The van der Waals surface area contributed by atoms with Gasteiger partial charge in [0.2, 0.25) is 5.88 Å². The molecule has 0 fully saturated rings. The number of aromatic nitrogens is 1. The third-order valence-corrected chi connectivity index (χ3v) is 2.65. The van der Waals surface area contributed by atoms with Crippen LogP contribution in [-0.2, 0) is 0 Å². The van der Waals surface area contributed by atoms with E-state index in [1.807, 2.05) is 0 Å². The summed E-state index contributed by atoms with van der Waals surface area (Å²) < 4.78 is 5.08. The molecule has 1 aromatic heterocycles. The molecule has 0 radical (unpaired) electrons. The Bertz CT molecular complexity index is 358. The van der Waals surface area contributed by atoms with Crippen molar-refractivity contribution in [2.75, 3.05) is 7.11 Å². The molecule has 0 aliphatic carbocycles. The number of rotatable bonds is 2. The quantitative estimate of drug-likeness (QED) is 0.609. The summed E-state index contributed by atoms with van der Waals surface area (Å²) in [5.74, 6) is 0.218. The Morgan fingerprint density at radius 2 is 2.38 bits per heavy atom.